The highest BCUT2D eigenvalue weighted by Crippen LogP contribution is 2.43. The molecule has 0 aromatic carbocycles. The quantitative estimate of drug-likeness (QED) is 0.629. The minimum Gasteiger partial charge on any atom is -0.303 e. The Morgan fingerprint density at radius 1 is 1.21 bits per heavy atom. The summed E-state index contributed by atoms with van der Waals surface area (Å²) < 4.78 is 0. The summed E-state index contributed by atoms with van der Waals surface area (Å²) in [6.07, 6.45) is 5.76. The second-order valence-corrected chi connectivity index (χ2v) is 6.26. The monoisotopic (exact) mass is 196 g/mol. The van der Waals surface area contributed by atoms with Gasteiger partial charge in [-0.15, -0.1) is 0 Å². The Balaban J connectivity index is 2.53. The van der Waals surface area contributed by atoms with Crippen molar-refractivity contribution in [1.82, 2.24) is 0 Å². The molecule has 0 aromatic rings. The van der Waals surface area contributed by atoms with Crippen LogP contribution < -0.4 is 0 Å². The molecule has 1 saturated carbocycles. The lowest BCUT2D eigenvalue weighted by atomic mass is 9.79. The van der Waals surface area contributed by atoms with Crippen LogP contribution in [0.1, 0.15) is 53.4 Å². The van der Waals surface area contributed by atoms with Crippen molar-refractivity contribution in [2.24, 2.45) is 23.2 Å². The predicted molar refractivity (Wildman–Crippen MR) is 60.1 cm³/mol. The standard InChI is InChI=1S/C13H24O/c1-10-7-11(5-6-14)12(8-10)9-13(2,3)4/h6,10-12H,5,7-9H2,1-4H3. The van der Waals surface area contributed by atoms with Gasteiger partial charge in [0.1, 0.15) is 6.29 Å². The average molecular weight is 196 g/mol. The molecule has 1 heteroatoms. The van der Waals surface area contributed by atoms with Crippen molar-refractivity contribution in [3.8, 4) is 0 Å². The van der Waals surface area contributed by atoms with Gasteiger partial charge in [0.25, 0.3) is 0 Å². The molecule has 0 aliphatic heterocycles. The van der Waals surface area contributed by atoms with Crippen LogP contribution in [0, 0.1) is 23.2 Å². The van der Waals surface area contributed by atoms with Gasteiger partial charge in [-0.1, -0.05) is 27.7 Å². The summed E-state index contributed by atoms with van der Waals surface area (Å²) in [7, 11) is 0. The lowest BCUT2D eigenvalue weighted by Gasteiger charge is -2.26. The Morgan fingerprint density at radius 3 is 2.29 bits per heavy atom. The number of hydrogen-bond acceptors (Lipinski definition) is 1. The van der Waals surface area contributed by atoms with Gasteiger partial charge in [0.2, 0.25) is 0 Å². The molecule has 3 unspecified atom stereocenters. The third-order valence-electron chi connectivity index (χ3n) is 3.35. The zero-order valence-corrected chi connectivity index (χ0v) is 10.0. The number of carbonyl (C=O) groups excluding carboxylic acids is 1. The molecule has 1 fully saturated rings. The maximum atomic E-state index is 10.6. The van der Waals surface area contributed by atoms with Crippen molar-refractivity contribution in [3.63, 3.8) is 0 Å². The molecule has 1 aliphatic rings. The molecule has 1 rings (SSSR count). The molecule has 1 nitrogen and oxygen atoms in total. The van der Waals surface area contributed by atoms with E-state index in [0.29, 0.717) is 11.3 Å². The van der Waals surface area contributed by atoms with Crippen LogP contribution in [-0.4, -0.2) is 6.29 Å². The summed E-state index contributed by atoms with van der Waals surface area (Å²) in [5, 5.41) is 0. The van der Waals surface area contributed by atoms with Crippen molar-refractivity contribution in [3.05, 3.63) is 0 Å². The average Bonchev–Trinajstić information content (AvgIpc) is 2.28. The van der Waals surface area contributed by atoms with Crippen LogP contribution in [0.25, 0.3) is 0 Å². The molecule has 0 heterocycles. The molecule has 3 atom stereocenters. The molecule has 0 amide bonds. The van der Waals surface area contributed by atoms with E-state index in [-0.39, 0.29) is 0 Å². The van der Waals surface area contributed by atoms with E-state index in [1.54, 1.807) is 0 Å². The molecule has 0 radical (unpaired) electrons. The molecular weight excluding hydrogens is 172 g/mol. The fourth-order valence-corrected chi connectivity index (χ4v) is 2.96. The number of hydrogen-bond donors (Lipinski definition) is 0. The molecule has 14 heavy (non-hydrogen) atoms. The second-order valence-electron chi connectivity index (χ2n) is 6.26. The van der Waals surface area contributed by atoms with Gasteiger partial charge in [0.05, 0.1) is 0 Å². The first-order valence-corrected chi connectivity index (χ1v) is 5.86. The van der Waals surface area contributed by atoms with E-state index in [1.807, 2.05) is 0 Å². The molecule has 82 valence electrons. The van der Waals surface area contributed by atoms with Gasteiger partial charge >= 0.3 is 0 Å². The van der Waals surface area contributed by atoms with Crippen LogP contribution in [0.5, 0.6) is 0 Å². The summed E-state index contributed by atoms with van der Waals surface area (Å²) in [5.74, 6) is 2.28. The third-order valence-corrected chi connectivity index (χ3v) is 3.35. The van der Waals surface area contributed by atoms with E-state index >= 15 is 0 Å². The topological polar surface area (TPSA) is 17.1 Å². The smallest absolute Gasteiger partial charge is 0.120 e. The van der Waals surface area contributed by atoms with E-state index in [0.717, 1.165) is 24.5 Å². The summed E-state index contributed by atoms with van der Waals surface area (Å²) >= 11 is 0. The summed E-state index contributed by atoms with van der Waals surface area (Å²) in [6, 6.07) is 0. The van der Waals surface area contributed by atoms with Gasteiger partial charge in [0, 0.05) is 6.42 Å². The van der Waals surface area contributed by atoms with E-state index in [2.05, 4.69) is 27.7 Å². The van der Waals surface area contributed by atoms with E-state index in [9.17, 15) is 4.79 Å². The van der Waals surface area contributed by atoms with Crippen LogP contribution in [0.2, 0.25) is 0 Å². The van der Waals surface area contributed by atoms with E-state index in [4.69, 9.17) is 0 Å². The van der Waals surface area contributed by atoms with Gasteiger partial charge in [-0.3, -0.25) is 0 Å². The van der Waals surface area contributed by atoms with Gasteiger partial charge in [-0.05, 0) is 42.4 Å². The molecular formula is C13H24O. The van der Waals surface area contributed by atoms with Gasteiger partial charge < -0.3 is 4.79 Å². The number of carbonyl (C=O) groups is 1. The Bertz CT molecular complexity index is 190. The Labute approximate surface area is 88.3 Å². The van der Waals surface area contributed by atoms with E-state index < -0.39 is 0 Å². The van der Waals surface area contributed by atoms with Crippen LogP contribution in [-0.2, 0) is 4.79 Å². The Morgan fingerprint density at radius 2 is 1.79 bits per heavy atom. The Hall–Kier alpha value is -0.330. The first-order valence-electron chi connectivity index (χ1n) is 5.86. The SMILES string of the molecule is CC1CC(CC=O)C(CC(C)(C)C)C1. The Kier molecular flexibility index (Phi) is 3.74. The van der Waals surface area contributed by atoms with Gasteiger partial charge in [0.15, 0.2) is 0 Å². The van der Waals surface area contributed by atoms with Crippen molar-refractivity contribution in [2.45, 2.75) is 53.4 Å². The highest BCUT2D eigenvalue weighted by molar-refractivity contribution is 5.49. The summed E-state index contributed by atoms with van der Waals surface area (Å²) in [4.78, 5) is 10.6. The van der Waals surface area contributed by atoms with Crippen molar-refractivity contribution < 1.29 is 4.79 Å². The number of aldehydes is 1. The lowest BCUT2D eigenvalue weighted by Crippen LogP contribution is -2.17. The first kappa shape index (κ1) is 11.7. The molecule has 0 spiro atoms. The van der Waals surface area contributed by atoms with Crippen molar-refractivity contribution in [2.75, 3.05) is 0 Å². The fraction of sp³-hybridized carbons (Fsp3) is 0.923. The minimum absolute atomic E-state index is 0.413. The minimum atomic E-state index is 0.413. The molecule has 0 saturated heterocycles. The van der Waals surface area contributed by atoms with Crippen LogP contribution in [0.3, 0.4) is 0 Å². The predicted octanol–water partition coefficient (Wildman–Crippen LogP) is 3.67. The van der Waals surface area contributed by atoms with Gasteiger partial charge in [-0.2, -0.15) is 0 Å². The second kappa shape index (κ2) is 4.46. The molecule has 0 N–H and O–H groups in total. The largest absolute Gasteiger partial charge is 0.303 e. The third kappa shape index (κ3) is 3.43. The first-order chi connectivity index (χ1) is 6.42. The van der Waals surface area contributed by atoms with Crippen molar-refractivity contribution >= 4 is 6.29 Å². The zero-order valence-electron chi connectivity index (χ0n) is 10.0. The summed E-state index contributed by atoms with van der Waals surface area (Å²) in [5.41, 5.74) is 0.413. The van der Waals surface area contributed by atoms with Crippen molar-refractivity contribution in [1.29, 1.82) is 0 Å². The maximum absolute atomic E-state index is 10.6. The maximum Gasteiger partial charge on any atom is 0.120 e. The normalized spacial score (nSPS) is 33.3. The highest BCUT2D eigenvalue weighted by Gasteiger charge is 2.33. The summed E-state index contributed by atoms with van der Waals surface area (Å²) in [6.45, 7) is 9.22. The lowest BCUT2D eigenvalue weighted by molar-refractivity contribution is -0.108. The fourth-order valence-electron chi connectivity index (χ4n) is 2.96. The van der Waals surface area contributed by atoms with Gasteiger partial charge in [-0.25, -0.2) is 0 Å². The zero-order chi connectivity index (χ0) is 10.8. The van der Waals surface area contributed by atoms with Crippen LogP contribution >= 0.6 is 0 Å². The van der Waals surface area contributed by atoms with E-state index in [1.165, 1.54) is 19.3 Å². The van der Waals surface area contributed by atoms with Crippen LogP contribution in [0.15, 0.2) is 0 Å². The van der Waals surface area contributed by atoms with Crippen LogP contribution in [0.4, 0.5) is 0 Å². The highest BCUT2D eigenvalue weighted by atomic mass is 16.1. The molecule has 0 bridgehead atoms. The molecule has 0 aromatic heterocycles. The molecule has 1 aliphatic carbocycles. The number of rotatable bonds is 3.